The first-order valence-corrected chi connectivity index (χ1v) is 17.1. The highest BCUT2D eigenvalue weighted by Gasteiger charge is 2.24. The maximum atomic E-state index is 12.2. The molecule has 37 heavy (non-hydrogen) atoms. The lowest BCUT2D eigenvalue weighted by Gasteiger charge is -2.19. The van der Waals surface area contributed by atoms with Crippen molar-refractivity contribution < 1.29 is 23.3 Å². The summed E-state index contributed by atoms with van der Waals surface area (Å²) in [5.74, 6) is 0.166. The minimum atomic E-state index is -4.06. The van der Waals surface area contributed by atoms with E-state index in [-0.39, 0.29) is 24.9 Å². The number of carbonyl (C=O) groups is 1. The predicted octanol–water partition coefficient (Wildman–Crippen LogP) is 9.10. The fourth-order valence-electron chi connectivity index (χ4n) is 4.64. The first-order valence-electron chi connectivity index (χ1n) is 15.6. The second kappa shape index (κ2) is 26.0. The van der Waals surface area contributed by atoms with Crippen LogP contribution in [0.25, 0.3) is 0 Å². The Kier molecular flexibility index (Phi) is 25.8. The van der Waals surface area contributed by atoms with Gasteiger partial charge in [0.15, 0.2) is 0 Å². The molecule has 0 aliphatic rings. The molecule has 0 radical (unpaired) electrons. The molecule has 2 atom stereocenters. The Morgan fingerprint density at radius 1 is 0.730 bits per heavy atom. The van der Waals surface area contributed by atoms with Gasteiger partial charge in [-0.3, -0.25) is 13.8 Å². The second-order valence-electron chi connectivity index (χ2n) is 11.2. The third-order valence-corrected chi connectivity index (χ3v) is 8.09. The Bertz CT molecular complexity index is 558. The van der Waals surface area contributed by atoms with Crippen molar-refractivity contribution in [3.63, 3.8) is 0 Å². The molecule has 0 saturated carbocycles. The standard InChI is InChI=1S/C30H62NO5P/c1-5-7-8-9-10-11-12-13-14-15-16-17-18-19-20-21-24-29(27-30(32)6-2)28-36-37(33,34)35-26-23-22-25-31(3)4/h29H,5-28H2,1-4H3,(H,33,34). The number of hydrogen-bond acceptors (Lipinski definition) is 5. The van der Waals surface area contributed by atoms with Crippen molar-refractivity contribution in [2.24, 2.45) is 5.92 Å². The number of Topliss-reactive ketones (excluding diaryl/α,β-unsaturated/α-hetero) is 1. The molecule has 0 aliphatic carbocycles. The number of carbonyl (C=O) groups excluding carboxylic acids is 1. The van der Waals surface area contributed by atoms with Crippen LogP contribution in [-0.2, 0) is 18.4 Å². The number of hydrogen-bond donors (Lipinski definition) is 1. The number of unbranched alkanes of at least 4 members (excludes halogenated alkanes) is 16. The SMILES string of the molecule is CCCCCCCCCCCCCCCCCCC(COP(=O)(O)OCCCCN(C)C)CC(=O)CC. The molecule has 6 nitrogen and oxygen atoms in total. The zero-order valence-electron chi connectivity index (χ0n) is 25.0. The highest BCUT2D eigenvalue weighted by Crippen LogP contribution is 2.44. The third-order valence-electron chi connectivity index (χ3n) is 7.10. The molecule has 0 aromatic carbocycles. The average molecular weight is 548 g/mol. The monoisotopic (exact) mass is 547 g/mol. The number of nitrogens with zero attached hydrogens (tertiary/aromatic N) is 1. The quantitative estimate of drug-likeness (QED) is 0.0743. The summed E-state index contributed by atoms with van der Waals surface area (Å²) in [6.07, 6.45) is 24.7. The van der Waals surface area contributed by atoms with Gasteiger partial charge >= 0.3 is 7.82 Å². The Balaban J connectivity index is 3.85. The van der Waals surface area contributed by atoms with Crippen LogP contribution in [0.5, 0.6) is 0 Å². The fourth-order valence-corrected chi connectivity index (χ4v) is 5.47. The van der Waals surface area contributed by atoms with Crippen LogP contribution in [0.15, 0.2) is 0 Å². The van der Waals surface area contributed by atoms with Crippen molar-refractivity contribution >= 4 is 13.6 Å². The molecule has 1 N–H and O–H groups in total. The van der Waals surface area contributed by atoms with E-state index in [0.29, 0.717) is 19.3 Å². The molecular weight excluding hydrogens is 485 g/mol. The van der Waals surface area contributed by atoms with Crippen molar-refractivity contribution in [2.75, 3.05) is 33.9 Å². The highest BCUT2D eigenvalue weighted by atomic mass is 31.2. The van der Waals surface area contributed by atoms with Gasteiger partial charge in [-0.1, -0.05) is 117 Å². The van der Waals surface area contributed by atoms with Crippen molar-refractivity contribution in [1.29, 1.82) is 0 Å². The molecule has 0 saturated heterocycles. The minimum absolute atomic E-state index is 0.0167. The Morgan fingerprint density at radius 3 is 1.68 bits per heavy atom. The highest BCUT2D eigenvalue weighted by molar-refractivity contribution is 7.47. The second-order valence-corrected chi connectivity index (χ2v) is 12.6. The molecule has 0 aliphatic heterocycles. The van der Waals surface area contributed by atoms with Crippen molar-refractivity contribution in [3.8, 4) is 0 Å². The van der Waals surface area contributed by atoms with Crippen LogP contribution in [0.4, 0.5) is 0 Å². The fraction of sp³-hybridized carbons (Fsp3) is 0.967. The van der Waals surface area contributed by atoms with Gasteiger partial charge in [0.05, 0.1) is 13.2 Å². The average Bonchev–Trinajstić information content (AvgIpc) is 2.86. The van der Waals surface area contributed by atoms with Gasteiger partial charge in [0, 0.05) is 12.8 Å². The van der Waals surface area contributed by atoms with E-state index in [1.54, 1.807) is 0 Å². The Morgan fingerprint density at radius 2 is 1.22 bits per heavy atom. The summed E-state index contributed by atoms with van der Waals surface area (Å²) < 4.78 is 22.6. The van der Waals surface area contributed by atoms with Crippen LogP contribution in [0.2, 0.25) is 0 Å². The number of ketones is 1. The smallest absolute Gasteiger partial charge is 0.309 e. The van der Waals surface area contributed by atoms with E-state index >= 15 is 0 Å². The van der Waals surface area contributed by atoms with Crippen molar-refractivity contribution in [3.05, 3.63) is 0 Å². The summed E-state index contributed by atoms with van der Waals surface area (Å²) in [5.41, 5.74) is 0. The van der Waals surface area contributed by atoms with Crippen LogP contribution in [0.3, 0.4) is 0 Å². The summed E-state index contributed by atoms with van der Waals surface area (Å²) in [5, 5.41) is 0. The topological polar surface area (TPSA) is 76.1 Å². The van der Waals surface area contributed by atoms with E-state index < -0.39 is 7.82 Å². The first-order chi connectivity index (χ1) is 17.8. The number of phosphoric acid groups is 1. The Labute approximate surface area is 230 Å². The summed E-state index contributed by atoms with van der Waals surface area (Å²) in [4.78, 5) is 24.1. The van der Waals surface area contributed by atoms with Crippen LogP contribution >= 0.6 is 7.82 Å². The molecular formula is C30H62NO5P. The molecule has 0 aromatic rings. The van der Waals surface area contributed by atoms with Crippen LogP contribution in [0, 0.1) is 5.92 Å². The van der Waals surface area contributed by atoms with Gasteiger partial charge in [-0.15, -0.1) is 0 Å². The van der Waals surface area contributed by atoms with E-state index in [1.165, 1.54) is 89.9 Å². The van der Waals surface area contributed by atoms with Gasteiger partial charge in [0.2, 0.25) is 0 Å². The molecule has 7 heteroatoms. The predicted molar refractivity (Wildman–Crippen MR) is 157 cm³/mol. The normalized spacial score (nSPS) is 14.2. The minimum Gasteiger partial charge on any atom is -0.309 e. The van der Waals surface area contributed by atoms with E-state index in [9.17, 15) is 14.3 Å². The summed E-state index contributed by atoms with van der Waals surface area (Å²) in [6, 6.07) is 0. The lowest BCUT2D eigenvalue weighted by atomic mass is 9.95. The largest absolute Gasteiger partial charge is 0.472 e. The molecule has 0 heterocycles. The van der Waals surface area contributed by atoms with E-state index in [1.807, 2.05) is 21.0 Å². The van der Waals surface area contributed by atoms with E-state index in [2.05, 4.69) is 11.8 Å². The summed E-state index contributed by atoms with van der Waals surface area (Å²) >= 11 is 0. The zero-order chi connectivity index (χ0) is 27.6. The summed E-state index contributed by atoms with van der Waals surface area (Å²) in [6.45, 7) is 5.37. The molecule has 0 bridgehead atoms. The third kappa shape index (κ3) is 27.1. The van der Waals surface area contributed by atoms with Gasteiger partial charge in [0.1, 0.15) is 5.78 Å². The van der Waals surface area contributed by atoms with Gasteiger partial charge in [-0.2, -0.15) is 0 Å². The number of rotatable bonds is 29. The molecule has 2 unspecified atom stereocenters. The maximum absolute atomic E-state index is 12.2. The van der Waals surface area contributed by atoms with Gasteiger partial charge in [0.25, 0.3) is 0 Å². The van der Waals surface area contributed by atoms with E-state index in [0.717, 1.165) is 32.2 Å². The molecule has 222 valence electrons. The van der Waals surface area contributed by atoms with Gasteiger partial charge in [-0.05, 0) is 45.8 Å². The van der Waals surface area contributed by atoms with Crippen molar-refractivity contribution in [1.82, 2.24) is 4.90 Å². The molecule has 0 spiro atoms. The lowest BCUT2D eigenvalue weighted by molar-refractivity contribution is -0.120. The first kappa shape index (κ1) is 36.7. The number of phosphoric ester groups is 1. The lowest BCUT2D eigenvalue weighted by Crippen LogP contribution is -2.15. The maximum Gasteiger partial charge on any atom is 0.472 e. The van der Waals surface area contributed by atoms with Crippen LogP contribution in [-0.4, -0.2) is 49.4 Å². The van der Waals surface area contributed by atoms with Crippen LogP contribution in [0.1, 0.15) is 149 Å². The van der Waals surface area contributed by atoms with E-state index in [4.69, 9.17) is 9.05 Å². The zero-order valence-corrected chi connectivity index (χ0v) is 25.9. The Hall–Kier alpha value is -0.260. The molecule has 0 rings (SSSR count). The van der Waals surface area contributed by atoms with Gasteiger partial charge in [-0.25, -0.2) is 4.57 Å². The summed E-state index contributed by atoms with van der Waals surface area (Å²) in [7, 11) is -0.0672. The molecule has 0 fully saturated rings. The van der Waals surface area contributed by atoms with Gasteiger partial charge < -0.3 is 9.79 Å². The van der Waals surface area contributed by atoms with Crippen LogP contribution < -0.4 is 0 Å². The van der Waals surface area contributed by atoms with Crippen molar-refractivity contribution in [2.45, 2.75) is 149 Å². The molecule has 0 aromatic heterocycles. The molecule has 0 amide bonds.